The number of amides is 2. The summed E-state index contributed by atoms with van der Waals surface area (Å²) in [5.41, 5.74) is 0.408. The van der Waals surface area contributed by atoms with Crippen LogP contribution < -0.4 is 0 Å². The molecule has 1 aromatic carbocycles. The van der Waals surface area contributed by atoms with Crippen LogP contribution in [0.15, 0.2) is 24.3 Å². The predicted molar refractivity (Wildman–Crippen MR) is 91.2 cm³/mol. The molecule has 2 aliphatic heterocycles. The van der Waals surface area contributed by atoms with Crippen LogP contribution in [0.2, 0.25) is 0 Å². The summed E-state index contributed by atoms with van der Waals surface area (Å²) in [6, 6.07) is 5.84. The fourth-order valence-electron chi connectivity index (χ4n) is 4.03. The van der Waals surface area contributed by atoms with Gasteiger partial charge in [0.05, 0.1) is 24.2 Å². The zero-order chi connectivity index (χ0) is 18.1. The van der Waals surface area contributed by atoms with Crippen LogP contribution in [-0.4, -0.2) is 54.0 Å². The highest BCUT2D eigenvalue weighted by Crippen LogP contribution is 2.38. The number of ether oxygens (including phenoxy) is 1. The third kappa shape index (κ3) is 3.54. The Morgan fingerprint density at radius 3 is 2.48 bits per heavy atom. The zero-order valence-corrected chi connectivity index (χ0v) is 14.9. The van der Waals surface area contributed by atoms with E-state index in [1.165, 1.54) is 11.0 Å². The molecular weight excluding hydrogens is 323 g/mol. The van der Waals surface area contributed by atoms with Crippen LogP contribution in [0.5, 0.6) is 0 Å². The summed E-state index contributed by atoms with van der Waals surface area (Å²) in [4.78, 5) is 28.7. The summed E-state index contributed by atoms with van der Waals surface area (Å²) < 4.78 is 20.1. The molecule has 0 bridgehead atoms. The molecule has 4 atom stereocenters. The molecule has 5 nitrogen and oxygen atoms in total. The second kappa shape index (κ2) is 7.12. The van der Waals surface area contributed by atoms with Gasteiger partial charge in [-0.25, -0.2) is 4.39 Å². The van der Waals surface area contributed by atoms with Crippen molar-refractivity contribution in [2.75, 3.05) is 20.1 Å². The summed E-state index contributed by atoms with van der Waals surface area (Å²) >= 11 is 0. The van der Waals surface area contributed by atoms with Gasteiger partial charge >= 0.3 is 0 Å². The predicted octanol–water partition coefficient (Wildman–Crippen LogP) is 2.37. The number of likely N-dealkylation sites (tertiary alicyclic amines) is 1. The minimum absolute atomic E-state index is 0.0189. The number of carbonyl (C=O) groups excluding carboxylic acids is 2. The van der Waals surface area contributed by atoms with Gasteiger partial charge in [-0.05, 0) is 26.3 Å². The quantitative estimate of drug-likeness (QED) is 0.824. The highest BCUT2D eigenvalue weighted by atomic mass is 19.1. The first-order chi connectivity index (χ1) is 11.9. The number of piperidine rings is 1. The molecule has 2 aliphatic rings. The molecule has 2 saturated heterocycles. The summed E-state index contributed by atoms with van der Waals surface area (Å²) in [6.45, 7) is 4.95. The number of halogens is 1. The number of carbonyl (C=O) groups is 2. The van der Waals surface area contributed by atoms with Crippen molar-refractivity contribution in [2.24, 2.45) is 5.92 Å². The van der Waals surface area contributed by atoms with Gasteiger partial charge in [-0.1, -0.05) is 18.2 Å². The minimum atomic E-state index is -0.566. The van der Waals surface area contributed by atoms with Crippen LogP contribution >= 0.6 is 0 Å². The Hall–Kier alpha value is -1.95. The van der Waals surface area contributed by atoms with E-state index in [1.807, 2.05) is 13.8 Å². The lowest BCUT2D eigenvalue weighted by atomic mass is 9.83. The van der Waals surface area contributed by atoms with Gasteiger partial charge in [-0.2, -0.15) is 0 Å². The Morgan fingerprint density at radius 2 is 1.84 bits per heavy atom. The van der Waals surface area contributed by atoms with Crippen LogP contribution in [0, 0.1) is 11.7 Å². The highest BCUT2D eigenvalue weighted by molar-refractivity contribution is 5.85. The first-order valence-corrected chi connectivity index (χ1v) is 8.82. The third-order valence-electron chi connectivity index (χ3n) is 5.13. The van der Waals surface area contributed by atoms with E-state index >= 15 is 0 Å². The van der Waals surface area contributed by atoms with Crippen LogP contribution in [0.1, 0.15) is 38.3 Å². The summed E-state index contributed by atoms with van der Waals surface area (Å²) in [5, 5.41) is 0. The molecule has 2 amide bonds. The van der Waals surface area contributed by atoms with Crippen molar-refractivity contribution in [1.29, 1.82) is 0 Å². The number of benzene rings is 1. The maximum Gasteiger partial charge on any atom is 0.228 e. The lowest BCUT2D eigenvalue weighted by Crippen LogP contribution is -2.53. The fourth-order valence-corrected chi connectivity index (χ4v) is 4.03. The van der Waals surface area contributed by atoms with Gasteiger partial charge in [0.15, 0.2) is 0 Å². The van der Waals surface area contributed by atoms with Crippen molar-refractivity contribution in [1.82, 2.24) is 9.80 Å². The van der Waals surface area contributed by atoms with E-state index < -0.39 is 12.0 Å². The van der Waals surface area contributed by atoms with Gasteiger partial charge in [0.25, 0.3) is 0 Å². The Kier molecular flexibility index (Phi) is 5.08. The maximum absolute atomic E-state index is 14.4. The molecule has 0 N–H and O–H groups in total. The molecule has 0 spiro atoms. The number of morpholine rings is 1. The Balaban J connectivity index is 1.91. The number of hydrogen-bond acceptors (Lipinski definition) is 3. The zero-order valence-electron chi connectivity index (χ0n) is 14.9. The molecule has 1 aromatic rings. The van der Waals surface area contributed by atoms with Crippen LogP contribution in [0.4, 0.5) is 4.39 Å². The molecular formula is C19H25FN2O3. The van der Waals surface area contributed by atoms with E-state index in [1.54, 1.807) is 30.1 Å². The van der Waals surface area contributed by atoms with Gasteiger partial charge in [0, 0.05) is 32.1 Å². The van der Waals surface area contributed by atoms with E-state index in [0.717, 1.165) is 0 Å². The van der Waals surface area contributed by atoms with E-state index in [2.05, 4.69) is 0 Å². The van der Waals surface area contributed by atoms with Gasteiger partial charge in [0.2, 0.25) is 11.8 Å². The van der Waals surface area contributed by atoms with Crippen LogP contribution in [0.3, 0.4) is 0 Å². The molecule has 3 rings (SSSR count). The maximum atomic E-state index is 14.4. The molecule has 0 saturated carbocycles. The third-order valence-corrected chi connectivity index (χ3v) is 5.13. The molecule has 2 heterocycles. The second-order valence-corrected chi connectivity index (χ2v) is 7.12. The van der Waals surface area contributed by atoms with Crippen LogP contribution in [-0.2, 0) is 14.3 Å². The average molecular weight is 348 g/mol. The molecule has 0 unspecified atom stereocenters. The van der Waals surface area contributed by atoms with E-state index in [-0.39, 0.29) is 29.8 Å². The Labute approximate surface area is 147 Å². The van der Waals surface area contributed by atoms with Gasteiger partial charge in [-0.3, -0.25) is 9.59 Å². The molecule has 2 fully saturated rings. The van der Waals surface area contributed by atoms with Gasteiger partial charge in [-0.15, -0.1) is 0 Å². The van der Waals surface area contributed by atoms with Crippen molar-refractivity contribution in [2.45, 2.75) is 44.9 Å². The molecule has 25 heavy (non-hydrogen) atoms. The van der Waals surface area contributed by atoms with Gasteiger partial charge < -0.3 is 14.5 Å². The van der Waals surface area contributed by atoms with E-state index in [4.69, 9.17) is 4.74 Å². The Morgan fingerprint density at radius 1 is 1.20 bits per heavy atom. The normalized spacial score (nSPS) is 30.5. The lowest BCUT2D eigenvalue weighted by Gasteiger charge is -2.43. The van der Waals surface area contributed by atoms with Crippen LogP contribution in [0.25, 0.3) is 0 Å². The largest absolute Gasteiger partial charge is 0.372 e. The highest BCUT2D eigenvalue weighted by Gasteiger charge is 2.42. The van der Waals surface area contributed by atoms with Crippen molar-refractivity contribution in [3.05, 3.63) is 35.6 Å². The summed E-state index contributed by atoms with van der Waals surface area (Å²) in [6.07, 6.45) is 0.708. The number of rotatable bonds is 2. The minimum Gasteiger partial charge on any atom is -0.372 e. The van der Waals surface area contributed by atoms with Crippen molar-refractivity contribution in [3.8, 4) is 0 Å². The standard InChI is InChI=1S/C19H25FN2O3/c1-12-10-22(11-13(2)25-12)19(24)15-8-9-17(23)21(3)18(15)14-6-4-5-7-16(14)20/h4-7,12-13,15,18H,8-11H2,1-3H3/t12-,13-,15-,18+/m1/s1. The summed E-state index contributed by atoms with van der Waals surface area (Å²) in [5.74, 6) is -0.886. The fraction of sp³-hybridized carbons (Fsp3) is 0.579. The average Bonchev–Trinajstić information content (AvgIpc) is 2.56. The van der Waals surface area contributed by atoms with E-state index in [9.17, 15) is 14.0 Å². The molecule has 6 heteroatoms. The molecule has 0 aliphatic carbocycles. The molecule has 136 valence electrons. The van der Waals surface area contributed by atoms with Crippen molar-refractivity contribution >= 4 is 11.8 Å². The molecule has 0 aromatic heterocycles. The van der Waals surface area contributed by atoms with Crippen molar-refractivity contribution < 1.29 is 18.7 Å². The Bertz CT molecular complexity index is 656. The topological polar surface area (TPSA) is 49.9 Å². The first kappa shape index (κ1) is 17.9. The van der Waals surface area contributed by atoms with Crippen molar-refractivity contribution in [3.63, 3.8) is 0 Å². The SMILES string of the molecule is C[C@@H]1CN(C(=O)[C@@H]2CCC(=O)N(C)[C@H]2c2ccccc2F)C[C@@H](C)O1. The second-order valence-electron chi connectivity index (χ2n) is 7.12. The number of hydrogen-bond donors (Lipinski definition) is 0. The first-order valence-electron chi connectivity index (χ1n) is 8.82. The number of nitrogens with zero attached hydrogens (tertiary/aromatic N) is 2. The smallest absolute Gasteiger partial charge is 0.228 e. The van der Waals surface area contributed by atoms with Gasteiger partial charge in [0.1, 0.15) is 5.82 Å². The van der Waals surface area contributed by atoms with E-state index in [0.29, 0.717) is 31.5 Å². The molecule has 0 radical (unpaired) electrons. The lowest BCUT2D eigenvalue weighted by molar-refractivity contribution is -0.154. The summed E-state index contributed by atoms with van der Waals surface area (Å²) in [7, 11) is 1.66. The monoisotopic (exact) mass is 348 g/mol.